The Morgan fingerprint density at radius 2 is 2.50 bits per heavy atom. The molecule has 2 aromatic rings. The molecule has 1 N–H and O–H groups in total. The second-order valence-corrected chi connectivity index (χ2v) is 6.57. The zero-order chi connectivity index (χ0) is 11.0. The summed E-state index contributed by atoms with van der Waals surface area (Å²) in [7, 11) is 0. The van der Waals surface area contributed by atoms with Gasteiger partial charge in [-0.15, -0.1) is 22.7 Å². The van der Waals surface area contributed by atoms with Gasteiger partial charge in [-0.2, -0.15) is 0 Å². The maximum Gasteiger partial charge on any atom is 0.106 e. The predicted molar refractivity (Wildman–Crippen MR) is 69.3 cm³/mol. The first-order valence-corrected chi connectivity index (χ1v) is 7.30. The van der Waals surface area contributed by atoms with E-state index in [-0.39, 0.29) is 0 Å². The van der Waals surface area contributed by atoms with Crippen LogP contribution in [0.25, 0.3) is 0 Å². The minimum atomic E-state index is 0.461. The van der Waals surface area contributed by atoms with E-state index in [1.54, 1.807) is 22.7 Å². The highest BCUT2D eigenvalue weighted by molar-refractivity contribution is 7.16. The van der Waals surface area contributed by atoms with Gasteiger partial charge in [0.15, 0.2) is 0 Å². The summed E-state index contributed by atoms with van der Waals surface area (Å²) in [6.07, 6.45) is 4.19. The second-order valence-electron chi connectivity index (χ2n) is 3.83. The standard InChI is InChI=1S/C11H11ClN2S2/c12-10-5-7-8(1-2-9(7)16-10)14-6-11-13-3-4-15-11/h3-5,8,14H,1-2,6H2. The van der Waals surface area contributed by atoms with Gasteiger partial charge in [-0.05, 0) is 24.5 Å². The summed E-state index contributed by atoms with van der Waals surface area (Å²) in [6.45, 7) is 0.856. The molecule has 2 nitrogen and oxygen atoms in total. The molecule has 1 atom stereocenters. The summed E-state index contributed by atoms with van der Waals surface area (Å²) in [5.74, 6) is 0. The van der Waals surface area contributed by atoms with Gasteiger partial charge in [0.25, 0.3) is 0 Å². The molecule has 1 aliphatic carbocycles. The predicted octanol–water partition coefficient (Wildman–Crippen LogP) is 3.64. The zero-order valence-electron chi connectivity index (χ0n) is 8.57. The lowest BCUT2D eigenvalue weighted by molar-refractivity contribution is 0.529. The average molecular weight is 271 g/mol. The van der Waals surface area contributed by atoms with E-state index in [1.165, 1.54) is 16.9 Å². The molecule has 2 aromatic heterocycles. The molecule has 0 saturated heterocycles. The van der Waals surface area contributed by atoms with E-state index < -0.39 is 0 Å². The summed E-state index contributed by atoms with van der Waals surface area (Å²) in [5.41, 5.74) is 1.39. The number of hydrogen-bond donors (Lipinski definition) is 1. The number of rotatable bonds is 3. The van der Waals surface area contributed by atoms with Gasteiger partial charge in [0.1, 0.15) is 5.01 Å². The Balaban J connectivity index is 1.69. The van der Waals surface area contributed by atoms with E-state index in [9.17, 15) is 0 Å². The molecule has 0 radical (unpaired) electrons. The van der Waals surface area contributed by atoms with Gasteiger partial charge in [-0.25, -0.2) is 4.98 Å². The normalized spacial score (nSPS) is 18.9. The van der Waals surface area contributed by atoms with Crippen molar-refractivity contribution in [2.45, 2.75) is 25.4 Å². The molecule has 3 rings (SSSR count). The third kappa shape index (κ3) is 2.02. The van der Waals surface area contributed by atoms with Crippen molar-refractivity contribution in [1.82, 2.24) is 10.3 Å². The maximum absolute atomic E-state index is 6.02. The molecule has 0 saturated carbocycles. The Morgan fingerprint density at radius 1 is 1.56 bits per heavy atom. The Bertz CT molecular complexity index is 478. The highest BCUT2D eigenvalue weighted by Gasteiger charge is 2.24. The fraction of sp³-hybridized carbons (Fsp3) is 0.364. The number of nitrogens with zero attached hydrogens (tertiary/aromatic N) is 1. The van der Waals surface area contributed by atoms with E-state index in [1.807, 2.05) is 11.6 Å². The second kappa shape index (κ2) is 4.45. The van der Waals surface area contributed by atoms with Crippen LogP contribution in [-0.2, 0) is 13.0 Å². The van der Waals surface area contributed by atoms with E-state index >= 15 is 0 Å². The van der Waals surface area contributed by atoms with Crippen LogP contribution in [0.15, 0.2) is 17.6 Å². The topological polar surface area (TPSA) is 24.9 Å². The first-order chi connectivity index (χ1) is 7.83. The Hall–Kier alpha value is -0.420. The van der Waals surface area contributed by atoms with Crippen molar-refractivity contribution in [2.75, 3.05) is 0 Å². The zero-order valence-corrected chi connectivity index (χ0v) is 11.0. The third-order valence-corrected chi connectivity index (χ3v) is 4.95. The molecule has 0 bridgehead atoms. The molecule has 0 spiro atoms. The van der Waals surface area contributed by atoms with Crippen molar-refractivity contribution in [3.05, 3.63) is 37.4 Å². The number of aromatic nitrogens is 1. The van der Waals surface area contributed by atoms with Gasteiger partial charge in [0.05, 0.1) is 4.34 Å². The maximum atomic E-state index is 6.02. The number of halogens is 1. The molecule has 16 heavy (non-hydrogen) atoms. The van der Waals surface area contributed by atoms with Crippen molar-refractivity contribution >= 4 is 34.3 Å². The van der Waals surface area contributed by atoms with Gasteiger partial charge < -0.3 is 5.32 Å². The van der Waals surface area contributed by atoms with Gasteiger partial charge in [0.2, 0.25) is 0 Å². The molecule has 0 fully saturated rings. The quantitative estimate of drug-likeness (QED) is 0.921. The third-order valence-electron chi connectivity index (χ3n) is 2.83. The van der Waals surface area contributed by atoms with Crippen molar-refractivity contribution in [3.63, 3.8) is 0 Å². The van der Waals surface area contributed by atoms with Crippen LogP contribution in [0.5, 0.6) is 0 Å². The molecule has 1 unspecified atom stereocenters. The van der Waals surface area contributed by atoms with Crippen molar-refractivity contribution < 1.29 is 0 Å². The molecular formula is C11H11ClN2S2. The van der Waals surface area contributed by atoms with Gasteiger partial charge in [-0.1, -0.05) is 11.6 Å². The fourth-order valence-corrected chi connectivity index (χ4v) is 4.02. The van der Waals surface area contributed by atoms with E-state index in [4.69, 9.17) is 11.6 Å². The van der Waals surface area contributed by atoms with E-state index in [0.717, 1.165) is 22.3 Å². The van der Waals surface area contributed by atoms with Crippen molar-refractivity contribution in [2.24, 2.45) is 0 Å². The van der Waals surface area contributed by atoms with E-state index in [2.05, 4.69) is 16.4 Å². The largest absolute Gasteiger partial charge is 0.304 e. The van der Waals surface area contributed by atoms with E-state index in [0.29, 0.717) is 6.04 Å². The number of nitrogens with one attached hydrogen (secondary N) is 1. The number of thiazole rings is 1. The Labute approximate surface area is 107 Å². The monoisotopic (exact) mass is 270 g/mol. The van der Waals surface area contributed by atoms with Gasteiger partial charge in [0, 0.05) is 29.0 Å². The summed E-state index contributed by atoms with van der Waals surface area (Å²) in [5, 5.41) is 6.71. The first-order valence-electron chi connectivity index (χ1n) is 5.23. The minimum absolute atomic E-state index is 0.461. The summed E-state index contributed by atoms with van der Waals surface area (Å²) in [6, 6.07) is 2.57. The van der Waals surface area contributed by atoms with Gasteiger partial charge in [-0.3, -0.25) is 0 Å². The molecule has 1 aliphatic rings. The SMILES string of the molecule is Clc1cc2c(s1)CCC2NCc1nccs1. The molecule has 0 amide bonds. The molecule has 5 heteroatoms. The smallest absolute Gasteiger partial charge is 0.106 e. The highest BCUT2D eigenvalue weighted by Crippen LogP contribution is 2.39. The van der Waals surface area contributed by atoms with Crippen LogP contribution in [-0.4, -0.2) is 4.98 Å². The lowest BCUT2D eigenvalue weighted by Gasteiger charge is -2.11. The van der Waals surface area contributed by atoms with Crippen LogP contribution in [0.1, 0.15) is 27.9 Å². The molecule has 0 aliphatic heterocycles. The summed E-state index contributed by atoms with van der Waals surface area (Å²) < 4.78 is 0.908. The number of hydrogen-bond acceptors (Lipinski definition) is 4. The number of thiophene rings is 1. The van der Waals surface area contributed by atoms with Crippen LogP contribution >= 0.6 is 34.3 Å². The molecule has 84 valence electrons. The lowest BCUT2D eigenvalue weighted by atomic mass is 10.2. The molecule has 2 heterocycles. The van der Waals surface area contributed by atoms with Crippen LogP contribution in [0.3, 0.4) is 0 Å². The highest BCUT2D eigenvalue weighted by atomic mass is 35.5. The fourth-order valence-electron chi connectivity index (χ4n) is 2.09. The molecular weight excluding hydrogens is 260 g/mol. The Kier molecular flexibility index (Phi) is 2.98. The van der Waals surface area contributed by atoms with Crippen molar-refractivity contribution in [3.8, 4) is 0 Å². The van der Waals surface area contributed by atoms with Crippen LogP contribution in [0, 0.1) is 0 Å². The number of aryl methyl sites for hydroxylation is 1. The number of fused-ring (bicyclic) bond motifs is 1. The summed E-state index contributed by atoms with van der Waals surface area (Å²) in [4.78, 5) is 5.72. The van der Waals surface area contributed by atoms with Crippen LogP contribution in [0.4, 0.5) is 0 Å². The summed E-state index contributed by atoms with van der Waals surface area (Å²) >= 11 is 9.44. The lowest BCUT2D eigenvalue weighted by Crippen LogP contribution is -2.18. The minimum Gasteiger partial charge on any atom is -0.304 e. The average Bonchev–Trinajstić information content (AvgIpc) is 2.91. The van der Waals surface area contributed by atoms with Crippen LogP contribution < -0.4 is 5.32 Å². The Morgan fingerprint density at radius 3 is 3.31 bits per heavy atom. The van der Waals surface area contributed by atoms with Crippen molar-refractivity contribution in [1.29, 1.82) is 0 Å². The van der Waals surface area contributed by atoms with Gasteiger partial charge >= 0.3 is 0 Å². The molecule has 0 aromatic carbocycles. The van der Waals surface area contributed by atoms with Crippen LogP contribution in [0.2, 0.25) is 4.34 Å². The first kappa shape index (κ1) is 10.7.